The molecule has 0 spiro atoms. The topological polar surface area (TPSA) is 81.5 Å². The molecule has 0 bridgehead atoms. The lowest BCUT2D eigenvalue weighted by Crippen LogP contribution is -2.26. The predicted molar refractivity (Wildman–Crippen MR) is 120 cm³/mol. The molecule has 3 aromatic carbocycles. The fourth-order valence-corrected chi connectivity index (χ4v) is 3.98. The minimum Gasteiger partial charge on any atom is -0.449 e. The van der Waals surface area contributed by atoms with Gasteiger partial charge in [-0.2, -0.15) is 8.78 Å². The monoisotopic (exact) mass is 450 g/mol. The van der Waals surface area contributed by atoms with Crippen molar-refractivity contribution >= 4 is 17.9 Å². The van der Waals surface area contributed by atoms with Gasteiger partial charge in [0.25, 0.3) is 0 Å². The summed E-state index contributed by atoms with van der Waals surface area (Å²) in [5.74, 6) is -2.51. The van der Waals surface area contributed by atoms with Crippen molar-refractivity contribution in [1.29, 1.82) is 0 Å². The van der Waals surface area contributed by atoms with Crippen LogP contribution < -0.4 is 5.32 Å². The van der Waals surface area contributed by atoms with Crippen LogP contribution >= 0.6 is 0 Å². The van der Waals surface area contributed by atoms with E-state index in [9.17, 15) is 23.7 Å². The lowest BCUT2D eigenvalue weighted by Gasteiger charge is -2.14. The Hall–Kier alpha value is -4.07. The van der Waals surface area contributed by atoms with Gasteiger partial charge in [0.2, 0.25) is 11.6 Å². The van der Waals surface area contributed by atoms with E-state index in [2.05, 4.69) is 17.4 Å². The molecule has 0 saturated carbocycles. The number of hydrogen-bond acceptors (Lipinski definition) is 4. The average Bonchev–Trinajstić information content (AvgIpc) is 3.10. The molecule has 4 rings (SSSR count). The fraction of sp³-hybridized carbons (Fsp3) is 0.160. The molecule has 6 nitrogen and oxygen atoms in total. The van der Waals surface area contributed by atoms with Crippen molar-refractivity contribution in [3.8, 4) is 11.1 Å². The molecule has 0 heterocycles. The zero-order valence-corrected chi connectivity index (χ0v) is 17.5. The minimum absolute atomic E-state index is 0.0324. The molecular formula is C25H20F2N2O4. The number of carbonyl (C=O) groups is 1. The summed E-state index contributed by atoms with van der Waals surface area (Å²) in [6.45, 7) is 0.460. The highest BCUT2D eigenvalue weighted by Gasteiger charge is 2.29. The highest BCUT2D eigenvalue weighted by atomic mass is 19.1. The molecule has 0 fully saturated rings. The number of benzene rings is 3. The second kappa shape index (κ2) is 9.60. The van der Waals surface area contributed by atoms with E-state index in [0.29, 0.717) is 6.42 Å². The average molecular weight is 450 g/mol. The normalized spacial score (nSPS) is 12.4. The van der Waals surface area contributed by atoms with Crippen molar-refractivity contribution in [2.75, 3.05) is 13.2 Å². The Balaban J connectivity index is 1.28. The lowest BCUT2D eigenvalue weighted by molar-refractivity contribution is -0.390. The second-order valence-corrected chi connectivity index (χ2v) is 7.53. The maximum Gasteiger partial charge on any atom is 0.407 e. The number of nitrogens with one attached hydrogen (secondary N) is 1. The van der Waals surface area contributed by atoms with Crippen molar-refractivity contribution in [1.82, 2.24) is 5.32 Å². The van der Waals surface area contributed by atoms with Crippen LogP contribution in [0.2, 0.25) is 0 Å². The molecule has 0 saturated heterocycles. The third-order valence-corrected chi connectivity index (χ3v) is 5.46. The molecule has 0 aromatic heterocycles. The SMILES string of the molecule is O=C(NCCC=Cc1cc(F)c([N+](=O)[O-])c(F)c1)OCC1c2ccccc2-c2ccccc21. The van der Waals surface area contributed by atoms with E-state index < -0.39 is 28.3 Å². The molecule has 1 aliphatic carbocycles. The number of nitrogens with zero attached hydrogens (tertiary/aromatic N) is 1. The number of nitro groups is 1. The summed E-state index contributed by atoms with van der Waals surface area (Å²) in [4.78, 5) is 21.7. The first-order valence-corrected chi connectivity index (χ1v) is 10.3. The van der Waals surface area contributed by atoms with Crippen molar-refractivity contribution < 1.29 is 23.2 Å². The Morgan fingerprint density at radius 2 is 1.61 bits per heavy atom. The van der Waals surface area contributed by atoms with Crippen LogP contribution in [0.25, 0.3) is 17.2 Å². The Labute approximate surface area is 188 Å². The van der Waals surface area contributed by atoms with Crippen molar-refractivity contribution in [3.63, 3.8) is 0 Å². The lowest BCUT2D eigenvalue weighted by atomic mass is 9.98. The third kappa shape index (κ3) is 4.74. The van der Waals surface area contributed by atoms with Crippen LogP contribution in [0, 0.1) is 21.7 Å². The first-order chi connectivity index (χ1) is 16.0. The highest BCUT2D eigenvalue weighted by molar-refractivity contribution is 5.79. The zero-order chi connectivity index (χ0) is 23.4. The van der Waals surface area contributed by atoms with Gasteiger partial charge < -0.3 is 10.1 Å². The Bertz CT molecular complexity index is 1170. The van der Waals surface area contributed by atoms with Crippen LogP contribution in [0.3, 0.4) is 0 Å². The van der Waals surface area contributed by atoms with E-state index in [-0.39, 0.29) is 24.6 Å². The smallest absolute Gasteiger partial charge is 0.407 e. The van der Waals surface area contributed by atoms with Crippen molar-refractivity contribution in [2.24, 2.45) is 0 Å². The van der Waals surface area contributed by atoms with E-state index in [4.69, 9.17) is 4.74 Å². The summed E-state index contributed by atoms with van der Waals surface area (Å²) >= 11 is 0. The molecule has 168 valence electrons. The van der Waals surface area contributed by atoms with Crippen LogP contribution in [0.5, 0.6) is 0 Å². The van der Waals surface area contributed by atoms with Gasteiger partial charge in [-0.3, -0.25) is 10.1 Å². The van der Waals surface area contributed by atoms with E-state index in [1.54, 1.807) is 6.08 Å². The fourth-order valence-electron chi connectivity index (χ4n) is 3.98. The summed E-state index contributed by atoms with van der Waals surface area (Å²) in [6, 6.07) is 17.9. The number of fused-ring (bicyclic) bond motifs is 3. The van der Waals surface area contributed by atoms with Gasteiger partial charge in [0.05, 0.1) is 4.92 Å². The van der Waals surface area contributed by atoms with Gasteiger partial charge in [-0.1, -0.05) is 60.7 Å². The molecule has 33 heavy (non-hydrogen) atoms. The summed E-state index contributed by atoms with van der Waals surface area (Å²) in [5.41, 5.74) is 3.51. The first kappa shape index (κ1) is 22.1. The molecule has 0 aliphatic heterocycles. The molecular weight excluding hydrogens is 430 g/mol. The van der Waals surface area contributed by atoms with Gasteiger partial charge in [0, 0.05) is 12.5 Å². The van der Waals surface area contributed by atoms with Gasteiger partial charge in [-0.15, -0.1) is 0 Å². The van der Waals surface area contributed by atoms with Gasteiger partial charge in [-0.05, 0) is 46.4 Å². The summed E-state index contributed by atoms with van der Waals surface area (Å²) in [5, 5.41) is 13.3. The van der Waals surface area contributed by atoms with Crippen LogP contribution in [-0.4, -0.2) is 24.2 Å². The van der Waals surface area contributed by atoms with E-state index >= 15 is 0 Å². The molecule has 8 heteroatoms. The summed E-state index contributed by atoms with van der Waals surface area (Å²) in [7, 11) is 0. The molecule has 0 unspecified atom stereocenters. The number of rotatable bonds is 7. The van der Waals surface area contributed by atoms with Crippen molar-refractivity contribution in [2.45, 2.75) is 12.3 Å². The standard InChI is InChI=1S/C25H20F2N2O4/c26-22-13-16(14-23(27)24(22)29(31)32)7-5-6-12-28-25(30)33-15-21-19-10-3-1-8-17(19)18-9-2-4-11-20(18)21/h1-5,7-11,13-14,21H,6,12,15H2,(H,28,30). The number of nitro benzene ring substituents is 1. The van der Waals surface area contributed by atoms with Gasteiger partial charge in [0.15, 0.2) is 0 Å². The Morgan fingerprint density at radius 1 is 1.03 bits per heavy atom. The third-order valence-electron chi connectivity index (χ3n) is 5.46. The number of hydrogen-bond donors (Lipinski definition) is 1. The van der Waals surface area contributed by atoms with E-state index in [0.717, 1.165) is 34.4 Å². The second-order valence-electron chi connectivity index (χ2n) is 7.53. The minimum atomic E-state index is -1.24. The van der Waals surface area contributed by atoms with Crippen LogP contribution in [-0.2, 0) is 4.74 Å². The quantitative estimate of drug-likeness (QED) is 0.280. The number of carbonyl (C=O) groups excluding carboxylic acids is 1. The molecule has 1 amide bonds. The maximum atomic E-state index is 13.7. The largest absolute Gasteiger partial charge is 0.449 e. The van der Waals surface area contributed by atoms with Gasteiger partial charge >= 0.3 is 11.8 Å². The Kier molecular flexibility index (Phi) is 6.44. The number of halogens is 2. The van der Waals surface area contributed by atoms with E-state index in [1.165, 1.54) is 6.08 Å². The summed E-state index contributed by atoms with van der Waals surface area (Å²) in [6.07, 6.45) is 2.85. The van der Waals surface area contributed by atoms with E-state index in [1.807, 2.05) is 36.4 Å². The molecule has 0 radical (unpaired) electrons. The molecule has 3 aromatic rings. The highest BCUT2D eigenvalue weighted by Crippen LogP contribution is 2.44. The first-order valence-electron chi connectivity index (χ1n) is 10.3. The molecule has 0 atom stereocenters. The predicted octanol–water partition coefficient (Wildman–Crippen LogP) is 5.82. The number of alkyl carbamates (subject to hydrolysis) is 1. The van der Waals surface area contributed by atoms with Crippen LogP contribution in [0.1, 0.15) is 29.0 Å². The van der Waals surface area contributed by atoms with Crippen molar-refractivity contribution in [3.05, 3.63) is 105 Å². The zero-order valence-electron chi connectivity index (χ0n) is 17.5. The maximum absolute atomic E-state index is 13.7. The Morgan fingerprint density at radius 3 is 2.18 bits per heavy atom. The van der Waals surface area contributed by atoms with Crippen LogP contribution in [0.4, 0.5) is 19.3 Å². The molecule has 1 N–H and O–H groups in total. The van der Waals surface area contributed by atoms with Gasteiger partial charge in [0.1, 0.15) is 6.61 Å². The van der Waals surface area contributed by atoms with Crippen LogP contribution in [0.15, 0.2) is 66.7 Å². The molecule has 1 aliphatic rings. The summed E-state index contributed by atoms with van der Waals surface area (Å²) < 4.78 is 32.7. The van der Waals surface area contributed by atoms with Gasteiger partial charge in [-0.25, -0.2) is 4.79 Å². The number of ether oxygens (including phenoxy) is 1. The number of amides is 1.